The van der Waals surface area contributed by atoms with E-state index in [0.29, 0.717) is 12.1 Å². The molecule has 0 aliphatic rings. The van der Waals surface area contributed by atoms with Gasteiger partial charge in [-0.05, 0) is 12.1 Å². The molecule has 0 spiro atoms. The third-order valence-corrected chi connectivity index (χ3v) is 3.83. The molecule has 0 unspecified atom stereocenters. The van der Waals surface area contributed by atoms with Crippen LogP contribution in [0.1, 0.15) is 5.56 Å². The van der Waals surface area contributed by atoms with E-state index in [1.54, 1.807) is 0 Å². The normalized spacial score (nSPS) is 11.9. The highest BCUT2D eigenvalue weighted by Gasteiger charge is 2.33. The highest BCUT2D eigenvalue weighted by Crippen LogP contribution is 2.42. The van der Waals surface area contributed by atoms with Crippen LogP contribution in [0.5, 0.6) is 5.75 Å². The Morgan fingerprint density at radius 3 is 2.21 bits per heavy atom. The lowest BCUT2D eigenvalue weighted by molar-refractivity contribution is -0.137. The predicted octanol–water partition coefficient (Wildman–Crippen LogP) is 4.02. The predicted molar refractivity (Wildman–Crippen MR) is 82.3 cm³/mol. The standard InChI is InChI=1S/C14H6Cl2F3N3O2/c15-6-3-5(14(17,18)19)4-7(16)8(6)9-11(23)10-12(22-13(9)24)21-2-1-20-10/h1-4H,(H2,21,22,23,24). The number of aromatic amines is 1. The van der Waals surface area contributed by atoms with Crippen LogP contribution in [0.4, 0.5) is 13.2 Å². The largest absolute Gasteiger partial charge is 0.505 e. The Bertz CT molecular complexity index is 995. The Balaban J connectivity index is 2.35. The van der Waals surface area contributed by atoms with Crippen LogP contribution in [-0.2, 0) is 6.18 Å². The van der Waals surface area contributed by atoms with E-state index in [1.165, 1.54) is 12.4 Å². The van der Waals surface area contributed by atoms with Gasteiger partial charge in [0.15, 0.2) is 11.4 Å². The molecule has 0 aliphatic heterocycles. The molecule has 0 bridgehead atoms. The summed E-state index contributed by atoms with van der Waals surface area (Å²) in [6.07, 6.45) is -2.08. The van der Waals surface area contributed by atoms with Crippen LogP contribution in [0.15, 0.2) is 29.3 Å². The molecular formula is C14H6Cl2F3N3O2. The molecule has 0 fully saturated rings. The lowest BCUT2D eigenvalue weighted by Gasteiger charge is -2.13. The second kappa shape index (κ2) is 5.64. The topological polar surface area (TPSA) is 78.9 Å². The van der Waals surface area contributed by atoms with Gasteiger partial charge in [0.1, 0.15) is 5.52 Å². The summed E-state index contributed by atoms with van der Waals surface area (Å²) in [5, 5.41) is 9.44. The summed E-state index contributed by atoms with van der Waals surface area (Å²) in [7, 11) is 0. The van der Waals surface area contributed by atoms with Crippen molar-refractivity contribution in [2.75, 3.05) is 0 Å². The van der Waals surface area contributed by atoms with E-state index in [0.717, 1.165) is 0 Å². The van der Waals surface area contributed by atoms with E-state index < -0.39 is 33.1 Å². The molecule has 0 atom stereocenters. The van der Waals surface area contributed by atoms with Gasteiger partial charge in [-0.1, -0.05) is 23.2 Å². The van der Waals surface area contributed by atoms with Crippen molar-refractivity contribution < 1.29 is 18.3 Å². The molecule has 2 heterocycles. The number of halogens is 5. The van der Waals surface area contributed by atoms with Crippen molar-refractivity contribution >= 4 is 34.4 Å². The number of aromatic hydroxyl groups is 1. The Kier molecular flexibility index (Phi) is 3.89. The minimum Gasteiger partial charge on any atom is -0.505 e. The second-order valence-corrected chi connectivity index (χ2v) is 5.56. The molecular weight excluding hydrogens is 370 g/mol. The van der Waals surface area contributed by atoms with Gasteiger partial charge in [0.2, 0.25) is 0 Å². The number of aromatic nitrogens is 3. The average Bonchev–Trinajstić information content (AvgIpc) is 2.48. The van der Waals surface area contributed by atoms with Crippen molar-refractivity contribution in [2.24, 2.45) is 0 Å². The van der Waals surface area contributed by atoms with Crippen LogP contribution < -0.4 is 5.56 Å². The Morgan fingerprint density at radius 1 is 1.04 bits per heavy atom. The monoisotopic (exact) mass is 375 g/mol. The number of benzene rings is 1. The molecule has 24 heavy (non-hydrogen) atoms. The molecule has 0 amide bonds. The lowest BCUT2D eigenvalue weighted by atomic mass is 10.0. The highest BCUT2D eigenvalue weighted by atomic mass is 35.5. The van der Waals surface area contributed by atoms with Gasteiger partial charge in [-0.2, -0.15) is 13.2 Å². The molecule has 3 rings (SSSR count). The summed E-state index contributed by atoms with van der Waals surface area (Å²) in [6, 6.07) is 1.25. The van der Waals surface area contributed by atoms with Gasteiger partial charge in [-0.3, -0.25) is 4.79 Å². The third-order valence-electron chi connectivity index (χ3n) is 3.24. The Hall–Kier alpha value is -2.32. The van der Waals surface area contributed by atoms with E-state index in [9.17, 15) is 23.1 Å². The molecule has 2 N–H and O–H groups in total. The maximum atomic E-state index is 12.8. The molecule has 1 aromatic carbocycles. The van der Waals surface area contributed by atoms with Crippen LogP contribution in [0.3, 0.4) is 0 Å². The van der Waals surface area contributed by atoms with Gasteiger partial charge in [0.25, 0.3) is 5.56 Å². The number of hydrogen-bond donors (Lipinski definition) is 2. The fraction of sp³-hybridized carbons (Fsp3) is 0.0714. The van der Waals surface area contributed by atoms with Crippen LogP contribution in [0.2, 0.25) is 10.0 Å². The number of H-pyrrole nitrogens is 1. The second-order valence-electron chi connectivity index (χ2n) is 4.74. The molecule has 5 nitrogen and oxygen atoms in total. The van der Waals surface area contributed by atoms with Crippen molar-refractivity contribution in [3.63, 3.8) is 0 Å². The molecule has 0 radical (unpaired) electrons. The first-order chi connectivity index (χ1) is 11.2. The number of nitrogens with zero attached hydrogens (tertiary/aromatic N) is 2. The van der Waals surface area contributed by atoms with Crippen molar-refractivity contribution in [3.05, 3.63) is 50.5 Å². The van der Waals surface area contributed by atoms with E-state index in [-0.39, 0.29) is 22.3 Å². The van der Waals surface area contributed by atoms with Crippen molar-refractivity contribution in [2.45, 2.75) is 6.18 Å². The summed E-state index contributed by atoms with van der Waals surface area (Å²) in [5.41, 5.74) is -2.52. The van der Waals surface area contributed by atoms with E-state index >= 15 is 0 Å². The number of pyridine rings is 1. The zero-order valence-corrected chi connectivity index (χ0v) is 13.0. The van der Waals surface area contributed by atoms with E-state index in [4.69, 9.17) is 23.2 Å². The first-order valence-electron chi connectivity index (χ1n) is 6.32. The summed E-state index contributed by atoms with van der Waals surface area (Å²) < 4.78 is 38.4. The number of hydrogen-bond acceptors (Lipinski definition) is 4. The van der Waals surface area contributed by atoms with Gasteiger partial charge in [-0.15, -0.1) is 0 Å². The Labute approximate surface area is 141 Å². The number of fused-ring (bicyclic) bond motifs is 1. The maximum Gasteiger partial charge on any atom is 0.416 e. The summed E-state index contributed by atoms with van der Waals surface area (Å²) in [4.78, 5) is 22.3. The van der Waals surface area contributed by atoms with Gasteiger partial charge in [-0.25, -0.2) is 9.97 Å². The van der Waals surface area contributed by atoms with Crippen molar-refractivity contribution in [1.82, 2.24) is 15.0 Å². The molecule has 124 valence electrons. The zero-order valence-electron chi connectivity index (χ0n) is 11.4. The fourth-order valence-corrected chi connectivity index (χ4v) is 2.88. The number of nitrogens with one attached hydrogen (secondary N) is 1. The molecule has 10 heteroatoms. The SMILES string of the molecule is O=c1[nH]c2nccnc2c(O)c1-c1c(Cl)cc(C(F)(F)F)cc1Cl. The van der Waals surface area contributed by atoms with Crippen LogP contribution in [-0.4, -0.2) is 20.1 Å². The van der Waals surface area contributed by atoms with Gasteiger partial charge in [0, 0.05) is 18.0 Å². The van der Waals surface area contributed by atoms with Gasteiger partial charge >= 0.3 is 6.18 Å². The maximum absolute atomic E-state index is 12.8. The minimum absolute atomic E-state index is 0.0166. The summed E-state index contributed by atoms with van der Waals surface area (Å²) >= 11 is 11.8. The van der Waals surface area contributed by atoms with E-state index in [2.05, 4.69) is 15.0 Å². The molecule has 0 saturated carbocycles. The smallest absolute Gasteiger partial charge is 0.416 e. The van der Waals surface area contributed by atoms with Crippen molar-refractivity contribution in [1.29, 1.82) is 0 Å². The molecule has 2 aromatic heterocycles. The van der Waals surface area contributed by atoms with Gasteiger partial charge in [0.05, 0.1) is 21.2 Å². The number of alkyl halides is 3. The van der Waals surface area contributed by atoms with Crippen LogP contribution >= 0.6 is 23.2 Å². The third kappa shape index (κ3) is 2.67. The summed E-state index contributed by atoms with van der Waals surface area (Å²) in [6.45, 7) is 0. The molecule has 3 aromatic rings. The lowest BCUT2D eigenvalue weighted by Crippen LogP contribution is -2.12. The molecule has 0 saturated heterocycles. The van der Waals surface area contributed by atoms with Crippen LogP contribution in [0.25, 0.3) is 22.3 Å². The number of rotatable bonds is 1. The van der Waals surface area contributed by atoms with E-state index in [1.807, 2.05) is 0 Å². The first-order valence-corrected chi connectivity index (χ1v) is 7.08. The van der Waals surface area contributed by atoms with Gasteiger partial charge < -0.3 is 10.1 Å². The Morgan fingerprint density at radius 2 is 1.62 bits per heavy atom. The zero-order chi connectivity index (χ0) is 17.6. The fourth-order valence-electron chi connectivity index (χ4n) is 2.21. The van der Waals surface area contributed by atoms with Crippen molar-refractivity contribution in [3.8, 4) is 16.9 Å². The highest BCUT2D eigenvalue weighted by molar-refractivity contribution is 6.39. The minimum atomic E-state index is -4.66. The summed E-state index contributed by atoms with van der Waals surface area (Å²) in [5.74, 6) is -0.578. The average molecular weight is 376 g/mol. The molecule has 0 aliphatic carbocycles. The first kappa shape index (κ1) is 16.5. The van der Waals surface area contributed by atoms with Crippen LogP contribution in [0, 0.1) is 0 Å². The quantitative estimate of drug-likeness (QED) is 0.673.